The number of aromatic hydroxyl groups is 1. The van der Waals surface area contributed by atoms with Gasteiger partial charge in [0.05, 0.1) is 5.69 Å². The summed E-state index contributed by atoms with van der Waals surface area (Å²) in [5.41, 5.74) is 0.949. The Morgan fingerprint density at radius 1 is 1.17 bits per heavy atom. The van der Waals surface area contributed by atoms with Gasteiger partial charge in [0.15, 0.2) is 11.6 Å². The second-order valence-electron chi connectivity index (χ2n) is 3.73. The lowest BCUT2D eigenvalue weighted by Gasteiger charge is -2.10. The van der Waals surface area contributed by atoms with E-state index < -0.39 is 11.6 Å². The van der Waals surface area contributed by atoms with Gasteiger partial charge in [0.25, 0.3) is 0 Å². The first-order valence-corrected chi connectivity index (χ1v) is 6.02. The van der Waals surface area contributed by atoms with Crippen molar-refractivity contribution < 1.29 is 13.9 Å². The van der Waals surface area contributed by atoms with E-state index in [0.717, 1.165) is 0 Å². The molecule has 0 aliphatic heterocycles. The molecular formula is C13H10BrF2NO. The lowest BCUT2D eigenvalue weighted by atomic mass is 10.2. The molecule has 0 spiro atoms. The number of nitrogens with one attached hydrogen (secondary N) is 1. The van der Waals surface area contributed by atoms with Crippen LogP contribution < -0.4 is 5.32 Å². The standard InChI is InChI=1S/C13H10BrF2NO/c14-10-5-4-9(15)6-12(10)17-7-8-2-1-3-11(16)13(8)18/h1-6,17-18H,7H2. The molecule has 0 saturated heterocycles. The Morgan fingerprint density at radius 2 is 1.94 bits per heavy atom. The monoisotopic (exact) mass is 313 g/mol. The zero-order valence-electron chi connectivity index (χ0n) is 9.25. The van der Waals surface area contributed by atoms with E-state index in [-0.39, 0.29) is 12.4 Å². The van der Waals surface area contributed by atoms with E-state index in [9.17, 15) is 13.9 Å². The number of phenolic OH excluding ortho intramolecular Hbond substituents is 1. The van der Waals surface area contributed by atoms with Gasteiger partial charge in [-0.25, -0.2) is 8.78 Å². The maximum absolute atomic E-state index is 13.1. The van der Waals surface area contributed by atoms with E-state index in [1.54, 1.807) is 12.1 Å². The van der Waals surface area contributed by atoms with E-state index in [0.29, 0.717) is 15.7 Å². The molecule has 2 N–H and O–H groups in total. The van der Waals surface area contributed by atoms with Crippen LogP contribution in [0.1, 0.15) is 5.56 Å². The first-order chi connectivity index (χ1) is 8.58. The number of rotatable bonds is 3. The number of hydrogen-bond donors (Lipinski definition) is 2. The number of halogens is 3. The highest BCUT2D eigenvalue weighted by atomic mass is 79.9. The van der Waals surface area contributed by atoms with E-state index in [1.165, 1.54) is 24.3 Å². The van der Waals surface area contributed by atoms with E-state index in [4.69, 9.17) is 0 Å². The number of phenols is 1. The summed E-state index contributed by atoms with van der Waals surface area (Å²) in [5.74, 6) is -1.44. The summed E-state index contributed by atoms with van der Waals surface area (Å²) in [6, 6.07) is 8.50. The van der Waals surface area contributed by atoms with Crippen LogP contribution in [-0.2, 0) is 6.54 Å². The van der Waals surface area contributed by atoms with Crippen molar-refractivity contribution in [2.45, 2.75) is 6.54 Å². The third-order valence-corrected chi connectivity index (χ3v) is 3.16. The maximum atomic E-state index is 13.1. The highest BCUT2D eigenvalue weighted by Crippen LogP contribution is 2.26. The Balaban J connectivity index is 2.16. The summed E-state index contributed by atoms with van der Waals surface area (Å²) >= 11 is 3.27. The normalized spacial score (nSPS) is 10.4. The number of para-hydroxylation sites is 1. The minimum Gasteiger partial charge on any atom is -0.505 e. The molecule has 0 bridgehead atoms. The first-order valence-electron chi connectivity index (χ1n) is 5.23. The predicted molar refractivity (Wildman–Crippen MR) is 69.5 cm³/mol. The minimum absolute atomic E-state index is 0.200. The number of hydrogen-bond acceptors (Lipinski definition) is 2. The SMILES string of the molecule is Oc1c(F)cccc1CNc1cc(F)ccc1Br. The topological polar surface area (TPSA) is 32.3 Å². The highest BCUT2D eigenvalue weighted by molar-refractivity contribution is 9.10. The van der Waals surface area contributed by atoms with Gasteiger partial charge < -0.3 is 10.4 Å². The molecule has 5 heteroatoms. The largest absolute Gasteiger partial charge is 0.505 e. The first kappa shape index (κ1) is 12.8. The Bertz CT molecular complexity index is 573. The summed E-state index contributed by atoms with van der Waals surface area (Å²) < 4.78 is 26.8. The summed E-state index contributed by atoms with van der Waals surface area (Å²) in [6.45, 7) is 0.200. The third kappa shape index (κ3) is 2.79. The van der Waals surface area contributed by atoms with Crippen LogP contribution in [0.3, 0.4) is 0 Å². The van der Waals surface area contributed by atoms with Gasteiger partial charge in [-0.1, -0.05) is 12.1 Å². The molecule has 2 aromatic carbocycles. The molecular weight excluding hydrogens is 304 g/mol. The molecule has 0 aliphatic carbocycles. The lowest BCUT2D eigenvalue weighted by Crippen LogP contribution is -2.01. The fourth-order valence-electron chi connectivity index (χ4n) is 1.53. The van der Waals surface area contributed by atoms with Gasteiger partial charge in [0.1, 0.15) is 5.82 Å². The fourth-order valence-corrected chi connectivity index (χ4v) is 1.91. The van der Waals surface area contributed by atoms with Crippen LogP contribution in [0.4, 0.5) is 14.5 Å². The third-order valence-electron chi connectivity index (χ3n) is 2.47. The Kier molecular flexibility index (Phi) is 3.81. The van der Waals surface area contributed by atoms with Crippen LogP contribution >= 0.6 is 15.9 Å². The van der Waals surface area contributed by atoms with E-state index >= 15 is 0 Å². The molecule has 18 heavy (non-hydrogen) atoms. The van der Waals surface area contributed by atoms with Gasteiger partial charge in [-0.15, -0.1) is 0 Å². The van der Waals surface area contributed by atoms with Crippen LogP contribution in [-0.4, -0.2) is 5.11 Å². The van der Waals surface area contributed by atoms with Crippen molar-refractivity contribution in [3.05, 3.63) is 58.1 Å². The van der Waals surface area contributed by atoms with Crippen LogP contribution in [0.15, 0.2) is 40.9 Å². The fraction of sp³-hybridized carbons (Fsp3) is 0.0769. The maximum Gasteiger partial charge on any atom is 0.165 e. The molecule has 0 aliphatic rings. The molecule has 0 atom stereocenters. The minimum atomic E-state index is -0.674. The highest BCUT2D eigenvalue weighted by Gasteiger charge is 2.07. The molecule has 2 aromatic rings. The summed E-state index contributed by atoms with van der Waals surface area (Å²) in [4.78, 5) is 0. The summed E-state index contributed by atoms with van der Waals surface area (Å²) in [5, 5.41) is 12.4. The van der Waals surface area contributed by atoms with Crippen molar-refractivity contribution >= 4 is 21.6 Å². The zero-order valence-corrected chi connectivity index (χ0v) is 10.8. The summed E-state index contributed by atoms with van der Waals surface area (Å²) in [7, 11) is 0. The molecule has 0 unspecified atom stereocenters. The molecule has 2 rings (SSSR count). The molecule has 0 aromatic heterocycles. The van der Waals surface area contributed by atoms with Crippen molar-refractivity contribution in [3.8, 4) is 5.75 Å². The van der Waals surface area contributed by atoms with Gasteiger partial charge in [0.2, 0.25) is 0 Å². The van der Waals surface area contributed by atoms with Crippen LogP contribution in [0.2, 0.25) is 0 Å². The van der Waals surface area contributed by atoms with Gasteiger partial charge >= 0.3 is 0 Å². The van der Waals surface area contributed by atoms with Gasteiger partial charge in [-0.2, -0.15) is 0 Å². The van der Waals surface area contributed by atoms with Crippen molar-refractivity contribution in [3.63, 3.8) is 0 Å². The molecule has 0 saturated carbocycles. The van der Waals surface area contributed by atoms with E-state index in [1.807, 2.05) is 0 Å². The smallest absolute Gasteiger partial charge is 0.165 e. The number of benzene rings is 2. The quantitative estimate of drug-likeness (QED) is 0.896. The summed E-state index contributed by atoms with van der Waals surface area (Å²) in [6.07, 6.45) is 0. The van der Waals surface area contributed by atoms with Crippen LogP contribution in [0, 0.1) is 11.6 Å². The van der Waals surface area contributed by atoms with Crippen molar-refractivity contribution in [1.29, 1.82) is 0 Å². The second-order valence-corrected chi connectivity index (χ2v) is 4.58. The molecule has 0 amide bonds. The Morgan fingerprint density at radius 3 is 2.72 bits per heavy atom. The van der Waals surface area contributed by atoms with Crippen molar-refractivity contribution in [2.24, 2.45) is 0 Å². The molecule has 0 radical (unpaired) electrons. The van der Waals surface area contributed by atoms with Gasteiger partial charge in [0, 0.05) is 16.6 Å². The zero-order chi connectivity index (χ0) is 13.1. The van der Waals surface area contributed by atoms with Gasteiger partial charge in [-0.3, -0.25) is 0 Å². The van der Waals surface area contributed by atoms with E-state index in [2.05, 4.69) is 21.2 Å². The average Bonchev–Trinajstić information content (AvgIpc) is 2.35. The Labute approximate surface area is 111 Å². The molecule has 0 heterocycles. The molecule has 2 nitrogen and oxygen atoms in total. The van der Waals surface area contributed by atoms with Crippen molar-refractivity contribution in [2.75, 3.05) is 5.32 Å². The van der Waals surface area contributed by atoms with Crippen LogP contribution in [0.5, 0.6) is 5.75 Å². The number of anilines is 1. The second kappa shape index (κ2) is 5.35. The average molecular weight is 314 g/mol. The van der Waals surface area contributed by atoms with Crippen LogP contribution in [0.25, 0.3) is 0 Å². The van der Waals surface area contributed by atoms with Gasteiger partial charge in [-0.05, 0) is 40.2 Å². The Hall–Kier alpha value is -1.62. The molecule has 94 valence electrons. The van der Waals surface area contributed by atoms with Crippen molar-refractivity contribution in [1.82, 2.24) is 0 Å². The predicted octanol–water partition coefficient (Wildman–Crippen LogP) is 4.05. The lowest BCUT2D eigenvalue weighted by molar-refractivity contribution is 0.427. The molecule has 0 fully saturated rings.